The number of carboxylic acid groups (broad SMARTS) is 3. The predicted octanol–water partition coefficient (Wildman–Crippen LogP) is 3.96. The molecular formula is C42H54N4O8S. The van der Waals surface area contributed by atoms with Crippen LogP contribution in [0.1, 0.15) is 46.4 Å². The minimum absolute atomic E-state index is 0.0703. The van der Waals surface area contributed by atoms with E-state index >= 15 is 0 Å². The second-order valence-electron chi connectivity index (χ2n) is 15.4. The van der Waals surface area contributed by atoms with Gasteiger partial charge in [-0.2, -0.15) is 0 Å². The van der Waals surface area contributed by atoms with Crippen molar-refractivity contribution in [2.45, 2.75) is 51.5 Å². The summed E-state index contributed by atoms with van der Waals surface area (Å²) in [6.07, 6.45) is 3.91. The molecule has 3 fully saturated rings. The molecule has 296 valence electrons. The molecule has 0 saturated carbocycles. The molecule has 3 aliphatic heterocycles. The number of carbonyl (C=O) groups excluding carboxylic acids is 1. The van der Waals surface area contributed by atoms with Crippen LogP contribution in [-0.2, 0) is 51.4 Å². The summed E-state index contributed by atoms with van der Waals surface area (Å²) >= 11 is 1.47. The molecular weight excluding hydrogens is 721 g/mol. The van der Waals surface area contributed by atoms with Crippen molar-refractivity contribution in [3.8, 4) is 5.75 Å². The van der Waals surface area contributed by atoms with Crippen LogP contribution in [0.15, 0.2) is 60.0 Å². The van der Waals surface area contributed by atoms with Gasteiger partial charge in [0.25, 0.3) is 0 Å². The zero-order chi connectivity index (χ0) is 38.7. The van der Waals surface area contributed by atoms with Crippen LogP contribution in [0.4, 0.5) is 0 Å². The summed E-state index contributed by atoms with van der Waals surface area (Å²) in [6, 6.07) is 17.3. The molecule has 1 amide bonds. The molecule has 0 spiro atoms. The second kappa shape index (κ2) is 19.5. The van der Waals surface area contributed by atoms with E-state index in [1.165, 1.54) is 11.3 Å². The van der Waals surface area contributed by atoms with E-state index in [1.54, 1.807) is 4.90 Å². The van der Waals surface area contributed by atoms with E-state index in [0.29, 0.717) is 51.2 Å². The lowest BCUT2D eigenvalue weighted by Gasteiger charge is -2.24. The maximum absolute atomic E-state index is 14.0. The monoisotopic (exact) mass is 774 g/mol. The Morgan fingerprint density at radius 1 is 0.691 bits per heavy atom. The SMILES string of the molecule is O=C(O)[C@@H](Cc1cccc(CN(CCOc2cccc(C[C@H](C(=O)O)[C@H]3CCNC3)c2)C(=O)Cc2cc(C[C@H](C(=O)O)[C@H]3CCNC3)cs2)c1)[C@H]1CCNC1. The molecule has 0 bridgehead atoms. The van der Waals surface area contributed by atoms with Gasteiger partial charge in [0.15, 0.2) is 0 Å². The van der Waals surface area contributed by atoms with Crippen LogP contribution in [0.2, 0.25) is 0 Å². The molecule has 6 rings (SSSR count). The maximum Gasteiger partial charge on any atom is 0.307 e. The third-order valence-electron chi connectivity index (χ3n) is 11.6. The summed E-state index contributed by atoms with van der Waals surface area (Å²) < 4.78 is 6.18. The molecule has 1 aromatic heterocycles. The number of hydrogen-bond donors (Lipinski definition) is 6. The van der Waals surface area contributed by atoms with Gasteiger partial charge in [0.1, 0.15) is 12.4 Å². The molecule has 0 aliphatic carbocycles. The third kappa shape index (κ3) is 11.4. The maximum atomic E-state index is 14.0. The molecule has 0 radical (unpaired) electrons. The summed E-state index contributed by atoms with van der Waals surface area (Å²) in [4.78, 5) is 53.1. The van der Waals surface area contributed by atoms with E-state index in [0.717, 1.165) is 66.0 Å². The second-order valence-corrected chi connectivity index (χ2v) is 16.4. The highest BCUT2D eigenvalue weighted by Gasteiger charge is 2.33. The molecule has 2 aromatic carbocycles. The Bertz CT molecular complexity index is 1760. The fourth-order valence-corrected chi connectivity index (χ4v) is 9.37. The van der Waals surface area contributed by atoms with Crippen LogP contribution in [0.5, 0.6) is 5.75 Å². The van der Waals surface area contributed by atoms with Crippen molar-refractivity contribution in [1.29, 1.82) is 0 Å². The van der Waals surface area contributed by atoms with Gasteiger partial charge in [-0.1, -0.05) is 36.4 Å². The van der Waals surface area contributed by atoms with Crippen molar-refractivity contribution in [3.05, 3.63) is 87.1 Å². The predicted molar refractivity (Wildman–Crippen MR) is 209 cm³/mol. The van der Waals surface area contributed by atoms with Crippen molar-refractivity contribution >= 4 is 35.2 Å². The van der Waals surface area contributed by atoms with Gasteiger partial charge in [0.2, 0.25) is 5.91 Å². The third-order valence-corrected chi connectivity index (χ3v) is 12.6. The van der Waals surface area contributed by atoms with E-state index in [-0.39, 0.29) is 43.2 Å². The first-order valence-corrected chi connectivity index (χ1v) is 20.4. The molecule has 4 heterocycles. The Labute approximate surface area is 326 Å². The standard InChI is InChI=1S/C42H54N4O8S/c47-39(21-35-17-30(26-55-35)20-38(42(52)53)33-9-12-45-24-33)46(25-29-5-1-3-27(15-29)18-36(40(48)49)31-7-10-43-22-31)13-14-54-34-6-2-4-28(16-34)19-37(41(50)51)32-8-11-44-23-32/h1-6,15-17,26,31-33,36-38,43-45H,7-14,18-25H2,(H,48,49)(H,50,51)(H,52,53)/t31-,32-,33-,36-,37-,38-/m0/s1. The molecule has 13 heteroatoms. The number of thiophene rings is 1. The molecule has 3 aliphatic rings. The fraction of sp³-hybridized carbons (Fsp3) is 0.524. The average molecular weight is 775 g/mol. The zero-order valence-corrected chi connectivity index (χ0v) is 32.1. The number of nitrogens with zero attached hydrogens (tertiary/aromatic N) is 1. The average Bonchev–Trinajstić information content (AvgIpc) is 4.01. The van der Waals surface area contributed by atoms with Gasteiger partial charge in [-0.05, 0) is 141 Å². The quantitative estimate of drug-likeness (QED) is 0.0980. The summed E-state index contributed by atoms with van der Waals surface area (Å²) in [5, 5.41) is 41.7. The van der Waals surface area contributed by atoms with Gasteiger partial charge >= 0.3 is 17.9 Å². The molecule has 3 aromatic rings. The Morgan fingerprint density at radius 2 is 1.20 bits per heavy atom. The van der Waals surface area contributed by atoms with Crippen LogP contribution in [0, 0.1) is 35.5 Å². The first kappa shape index (κ1) is 40.4. The first-order valence-electron chi connectivity index (χ1n) is 19.6. The summed E-state index contributed by atoms with van der Waals surface area (Å²) in [5.41, 5.74) is 3.62. The molecule has 12 nitrogen and oxygen atoms in total. The van der Waals surface area contributed by atoms with Crippen molar-refractivity contribution < 1.29 is 39.2 Å². The largest absolute Gasteiger partial charge is 0.492 e. The Balaban J connectivity index is 1.13. The van der Waals surface area contributed by atoms with E-state index < -0.39 is 35.7 Å². The van der Waals surface area contributed by atoms with Crippen molar-refractivity contribution in [3.63, 3.8) is 0 Å². The first-order chi connectivity index (χ1) is 26.6. The van der Waals surface area contributed by atoms with Crippen LogP contribution in [0.3, 0.4) is 0 Å². The van der Waals surface area contributed by atoms with Crippen LogP contribution in [-0.4, -0.2) is 96.5 Å². The number of nitrogens with one attached hydrogen (secondary N) is 3. The van der Waals surface area contributed by atoms with Gasteiger partial charge in [0, 0.05) is 11.4 Å². The van der Waals surface area contributed by atoms with Crippen molar-refractivity contribution in [2.24, 2.45) is 35.5 Å². The highest BCUT2D eigenvalue weighted by atomic mass is 32.1. The molecule has 55 heavy (non-hydrogen) atoms. The fourth-order valence-electron chi connectivity index (χ4n) is 8.48. The number of carboxylic acids is 3. The van der Waals surface area contributed by atoms with Gasteiger partial charge in [-0.3, -0.25) is 19.2 Å². The van der Waals surface area contributed by atoms with Crippen LogP contribution < -0.4 is 20.7 Å². The van der Waals surface area contributed by atoms with Crippen molar-refractivity contribution in [1.82, 2.24) is 20.9 Å². The number of hydrogen-bond acceptors (Lipinski definition) is 9. The highest BCUT2D eigenvalue weighted by Crippen LogP contribution is 2.28. The zero-order valence-electron chi connectivity index (χ0n) is 31.3. The number of carbonyl (C=O) groups is 4. The summed E-state index contributed by atoms with van der Waals surface area (Å²) in [7, 11) is 0. The minimum atomic E-state index is -0.795. The molecule has 6 N–H and O–H groups in total. The Hall–Kier alpha value is -4.30. The van der Waals surface area contributed by atoms with Crippen LogP contribution in [0.25, 0.3) is 0 Å². The van der Waals surface area contributed by atoms with Gasteiger partial charge in [0.05, 0.1) is 30.7 Å². The lowest BCUT2D eigenvalue weighted by Crippen LogP contribution is -2.35. The Kier molecular flexibility index (Phi) is 14.3. The number of rotatable bonds is 20. The van der Waals surface area contributed by atoms with Crippen LogP contribution >= 0.6 is 11.3 Å². The van der Waals surface area contributed by atoms with Crippen molar-refractivity contribution in [2.75, 3.05) is 52.4 Å². The topological polar surface area (TPSA) is 178 Å². The van der Waals surface area contributed by atoms with Gasteiger partial charge in [-0.25, -0.2) is 0 Å². The summed E-state index contributed by atoms with van der Waals surface area (Å²) in [5.74, 6) is -3.10. The van der Waals surface area contributed by atoms with E-state index in [9.17, 15) is 34.5 Å². The smallest absolute Gasteiger partial charge is 0.307 e. The summed E-state index contributed by atoms with van der Waals surface area (Å²) in [6.45, 7) is 5.38. The van der Waals surface area contributed by atoms with Gasteiger partial charge < -0.3 is 40.9 Å². The van der Waals surface area contributed by atoms with E-state index in [4.69, 9.17) is 4.74 Å². The number of ether oxygens (including phenoxy) is 1. The number of benzene rings is 2. The molecule has 6 atom stereocenters. The normalized spacial score (nSPS) is 21.2. The highest BCUT2D eigenvalue weighted by molar-refractivity contribution is 7.10. The minimum Gasteiger partial charge on any atom is -0.492 e. The number of amides is 1. The van der Waals surface area contributed by atoms with E-state index in [2.05, 4.69) is 16.0 Å². The lowest BCUT2D eigenvalue weighted by molar-refractivity contribution is -0.144. The lowest BCUT2D eigenvalue weighted by atomic mass is 9.86. The number of aliphatic carboxylic acids is 3. The van der Waals surface area contributed by atoms with E-state index in [1.807, 2.05) is 60.0 Å². The molecule has 3 saturated heterocycles. The Morgan fingerprint density at radius 3 is 1.73 bits per heavy atom. The molecule has 0 unspecified atom stereocenters. The van der Waals surface area contributed by atoms with Gasteiger partial charge in [-0.15, -0.1) is 11.3 Å².